The first kappa shape index (κ1) is 14.4. The second-order valence-corrected chi connectivity index (χ2v) is 4.44. The maximum absolute atomic E-state index is 5.62. The average molecular weight is 242 g/mol. The van der Waals surface area contributed by atoms with Gasteiger partial charge >= 0.3 is 0 Å². The van der Waals surface area contributed by atoms with Crippen molar-refractivity contribution < 1.29 is 0 Å². The van der Waals surface area contributed by atoms with Gasteiger partial charge in [-0.1, -0.05) is 61.2 Å². The van der Waals surface area contributed by atoms with Gasteiger partial charge in [0.2, 0.25) is 0 Å². The third-order valence-corrected chi connectivity index (χ3v) is 2.88. The van der Waals surface area contributed by atoms with Crippen LogP contribution in [0, 0.1) is 6.92 Å². The van der Waals surface area contributed by atoms with Crippen molar-refractivity contribution in [3.63, 3.8) is 0 Å². The Bertz CT molecular complexity index is 432. The highest BCUT2D eigenvalue weighted by Crippen LogP contribution is 2.13. The van der Waals surface area contributed by atoms with Crippen LogP contribution in [0.4, 0.5) is 0 Å². The Hall–Kier alpha value is -1.64. The van der Waals surface area contributed by atoms with E-state index in [2.05, 4.69) is 49.8 Å². The van der Waals surface area contributed by atoms with Crippen LogP contribution in [0.1, 0.15) is 17.5 Å². The predicted octanol–water partition coefficient (Wildman–Crippen LogP) is 3.06. The molecular formula is C16H22N2. The first-order valence-electron chi connectivity index (χ1n) is 6.15. The van der Waals surface area contributed by atoms with Gasteiger partial charge in [-0.25, -0.2) is 0 Å². The molecule has 0 saturated carbocycles. The molecule has 0 aliphatic heterocycles. The number of allylic oxidation sites excluding steroid dienone is 3. The third kappa shape index (κ3) is 4.70. The summed E-state index contributed by atoms with van der Waals surface area (Å²) in [4.78, 5) is 0. The smallest absolute Gasteiger partial charge is 0.0291 e. The minimum atomic E-state index is 0.205. The SMILES string of the molecule is C=C/C=C(\C=C)CC(Cc1cccc(C)c1)NN. The number of hydrogen-bond acceptors (Lipinski definition) is 2. The average Bonchev–Trinajstić information content (AvgIpc) is 2.37. The fourth-order valence-corrected chi connectivity index (χ4v) is 1.97. The number of aryl methyl sites for hydroxylation is 1. The van der Waals surface area contributed by atoms with E-state index in [0.29, 0.717) is 0 Å². The highest BCUT2D eigenvalue weighted by atomic mass is 15.2. The van der Waals surface area contributed by atoms with Gasteiger partial charge in [0, 0.05) is 6.04 Å². The van der Waals surface area contributed by atoms with Gasteiger partial charge in [-0.15, -0.1) is 0 Å². The molecule has 96 valence electrons. The largest absolute Gasteiger partial charge is 0.271 e. The summed E-state index contributed by atoms with van der Waals surface area (Å²) in [5.41, 5.74) is 6.57. The fourth-order valence-electron chi connectivity index (χ4n) is 1.97. The lowest BCUT2D eigenvalue weighted by Gasteiger charge is -2.16. The normalized spacial score (nSPS) is 13.1. The van der Waals surface area contributed by atoms with Crippen LogP contribution in [0.2, 0.25) is 0 Å². The van der Waals surface area contributed by atoms with Crippen LogP contribution < -0.4 is 11.3 Å². The van der Waals surface area contributed by atoms with Crippen molar-refractivity contribution in [2.45, 2.75) is 25.8 Å². The van der Waals surface area contributed by atoms with Crippen molar-refractivity contribution in [2.24, 2.45) is 5.84 Å². The van der Waals surface area contributed by atoms with Crippen LogP contribution in [0.3, 0.4) is 0 Å². The highest BCUT2D eigenvalue weighted by Gasteiger charge is 2.09. The number of nitrogens with two attached hydrogens (primary N) is 1. The lowest BCUT2D eigenvalue weighted by atomic mass is 9.98. The van der Waals surface area contributed by atoms with E-state index < -0.39 is 0 Å². The van der Waals surface area contributed by atoms with Gasteiger partial charge in [-0.2, -0.15) is 0 Å². The van der Waals surface area contributed by atoms with Crippen LogP contribution >= 0.6 is 0 Å². The molecule has 1 aromatic rings. The summed E-state index contributed by atoms with van der Waals surface area (Å²) in [6, 6.07) is 8.70. The van der Waals surface area contributed by atoms with Gasteiger partial charge in [0.15, 0.2) is 0 Å². The Morgan fingerprint density at radius 1 is 1.44 bits per heavy atom. The second kappa shape index (κ2) is 7.64. The quantitative estimate of drug-likeness (QED) is 0.438. The summed E-state index contributed by atoms with van der Waals surface area (Å²) in [5.74, 6) is 5.62. The first-order valence-corrected chi connectivity index (χ1v) is 6.15. The molecule has 0 amide bonds. The summed E-state index contributed by atoms with van der Waals surface area (Å²) in [5, 5.41) is 0. The third-order valence-electron chi connectivity index (χ3n) is 2.88. The molecule has 2 nitrogen and oxygen atoms in total. The Morgan fingerprint density at radius 3 is 2.78 bits per heavy atom. The molecule has 1 aromatic carbocycles. The molecule has 0 heterocycles. The summed E-state index contributed by atoms with van der Waals surface area (Å²) >= 11 is 0. The highest BCUT2D eigenvalue weighted by molar-refractivity contribution is 5.25. The second-order valence-electron chi connectivity index (χ2n) is 4.44. The molecule has 0 aliphatic rings. The van der Waals surface area contributed by atoms with E-state index in [9.17, 15) is 0 Å². The Labute approximate surface area is 110 Å². The number of rotatable bonds is 7. The van der Waals surface area contributed by atoms with Crippen LogP contribution in [0.25, 0.3) is 0 Å². The Balaban J connectivity index is 2.70. The topological polar surface area (TPSA) is 38.0 Å². The van der Waals surface area contributed by atoms with E-state index in [1.165, 1.54) is 11.1 Å². The number of nitrogens with one attached hydrogen (secondary N) is 1. The lowest BCUT2D eigenvalue weighted by molar-refractivity contribution is 0.524. The summed E-state index contributed by atoms with van der Waals surface area (Å²) in [7, 11) is 0. The van der Waals surface area contributed by atoms with Gasteiger partial charge in [0.1, 0.15) is 0 Å². The van der Waals surface area contributed by atoms with Crippen molar-refractivity contribution in [3.8, 4) is 0 Å². The van der Waals surface area contributed by atoms with E-state index in [-0.39, 0.29) is 6.04 Å². The summed E-state index contributed by atoms with van der Waals surface area (Å²) in [6.45, 7) is 9.60. The zero-order valence-corrected chi connectivity index (χ0v) is 11.0. The van der Waals surface area contributed by atoms with E-state index in [4.69, 9.17) is 5.84 Å². The molecule has 0 aromatic heterocycles. The monoisotopic (exact) mass is 242 g/mol. The van der Waals surface area contributed by atoms with Crippen molar-refractivity contribution in [1.29, 1.82) is 0 Å². The van der Waals surface area contributed by atoms with E-state index in [1.54, 1.807) is 6.08 Å². The van der Waals surface area contributed by atoms with Gasteiger partial charge in [-0.3, -0.25) is 11.3 Å². The lowest BCUT2D eigenvalue weighted by Crippen LogP contribution is -2.37. The molecular weight excluding hydrogens is 220 g/mol. The maximum atomic E-state index is 5.62. The molecule has 3 N–H and O–H groups in total. The number of hydrogen-bond donors (Lipinski definition) is 2. The molecule has 1 atom stereocenters. The summed E-state index contributed by atoms with van der Waals surface area (Å²) < 4.78 is 0. The zero-order valence-electron chi connectivity index (χ0n) is 11.0. The van der Waals surface area contributed by atoms with Crippen LogP contribution in [0.5, 0.6) is 0 Å². The van der Waals surface area contributed by atoms with Crippen LogP contribution in [-0.4, -0.2) is 6.04 Å². The van der Waals surface area contributed by atoms with Gasteiger partial charge in [-0.05, 0) is 30.9 Å². The van der Waals surface area contributed by atoms with Crippen LogP contribution in [-0.2, 0) is 6.42 Å². The molecule has 0 saturated heterocycles. The van der Waals surface area contributed by atoms with E-state index in [0.717, 1.165) is 18.4 Å². The fraction of sp³-hybridized carbons (Fsp3) is 0.250. The molecule has 0 radical (unpaired) electrons. The molecule has 18 heavy (non-hydrogen) atoms. The molecule has 2 heteroatoms. The van der Waals surface area contributed by atoms with E-state index in [1.807, 2.05) is 12.2 Å². The molecule has 1 rings (SSSR count). The van der Waals surface area contributed by atoms with Crippen LogP contribution in [0.15, 0.2) is 61.2 Å². The van der Waals surface area contributed by atoms with Crippen molar-refractivity contribution in [3.05, 3.63) is 72.4 Å². The maximum Gasteiger partial charge on any atom is 0.0291 e. The molecule has 0 bridgehead atoms. The summed E-state index contributed by atoms with van der Waals surface area (Å²) in [6.07, 6.45) is 7.34. The first-order chi connectivity index (χ1) is 8.69. The number of benzene rings is 1. The minimum Gasteiger partial charge on any atom is -0.271 e. The molecule has 0 fully saturated rings. The Morgan fingerprint density at radius 2 is 2.22 bits per heavy atom. The zero-order chi connectivity index (χ0) is 13.4. The van der Waals surface area contributed by atoms with Gasteiger partial charge < -0.3 is 0 Å². The predicted molar refractivity (Wildman–Crippen MR) is 79.1 cm³/mol. The standard InChI is InChI=1S/C16H22N2/c1-4-7-14(5-2)11-16(18-17)12-15-9-6-8-13(3)10-15/h4-10,16,18H,1-2,11-12,17H2,3H3/b14-7+. The van der Waals surface area contributed by atoms with Crippen molar-refractivity contribution in [2.75, 3.05) is 0 Å². The molecule has 1 unspecified atom stereocenters. The number of hydrazine groups is 1. The van der Waals surface area contributed by atoms with Gasteiger partial charge in [0.25, 0.3) is 0 Å². The molecule has 0 spiro atoms. The van der Waals surface area contributed by atoms with E-state index >= 15 is 0 Å². The van der Waals surface area contributed by atoms with Crippen molar-refractivity contribution in [1.82, 2.24) is 5.43 Å². The Kier molecular flexibility index (Phi) is 6.12. The molecule has 0 aliphatic carbocycles. The van der Waals surface area contributed by atoms with Gasteiger partial charge in [0.05, 0.1) is 0 Å². The van der Waals surface area contributed by atoms with Crippen molar-refractivity contribution >= 4 is 0 Å². The minimum absolute atomic E-state index is 0.205.